The molecule has 162 valence electrons. The SMILES string of the molecule is CCNC(=O)Cc1csc(-c2ccc(OCCN3CCN(C(C)=O)CC3)cc2Cl)n1. The van der Waals surface area contributed by atoms with Gasteiger partial charge in [-0.2, -0.15) is 0 Å². The number of carbonyl (C=O) groups excluding carboxylic acids is 2. The highest BCUT2D eigenvalue weighted by atomic mass is 35.5. The maximum Gasteiger partial charge on any atom is 0.226 e. The normalized spacial score (nSPS) is 14.6. The Morgan fingerprint density at radius 2 is 2.03 bits per heavy atom. The highest BCUT2D eigenvalue weighted by molar-refractivity contribution is 7.13. The molecule has 0 spiro atoms. The lowest BCUT2D eigenvalue weighted by molar-refractivity contribution is -0.130. The van der Waals surface area contributed by atoms with Crippen molar-refractivity contribution in [3.63, 3.8) is 0 Å². The van der Waals surface area contributed by atoms with E-state index in [0.717, 1.165) is 49.0 Å². The van der Waals surface area contributed by atoms with Crippen LogP contribution in [0.2, 0.25) is 5.02 Å². The van der Waals surface area contributed by atoms with Crippen LogP contribution in [0.25, 0.3) is 10.6 Å². The Morgan fingerprint density at radius 1 is 1.27 bits per heavy atom. The molecular weight excluding hydrogens is 424 g/mol. The highest BCUT2D eigenvalue weighted by Crippen LogP contribution is 2.33. The van der Waals surface area contributed by atoms with Crippen molar-refractivity contribution in [3.05, 3.63) is 34.3 Å². The third-order valence-electron chi connectivity index (χ3n) is 4.93. The number of hydrogen-bond acceptors (Lipinski definition) is 6. The van der Waals surface area contributed by atoms with E-state index in [1.54, 1.807) is 13.0 Å². The Kier molecular flexibility index (Phi) is 8.07. The zero-order valence-corrected chi connectivity index (χ0v) is 18.9. The predicted octanol–water partition coefficient (Wildman–Crippen LogP) is 2.69. The Morgan fingerprint density at radius 3 is 2.70 bits per heavy atom. The van der Waals surface area contributed by atoms with E-state index in [1.807, 2.05) is 29.3 Å². The third-order valence-corrected chi connectivity index (χ3v) is 6.17. The van der Waals surface area contributed by atoms with Crippen LogP contribution in [0.4, 0.5) is 0 Å². The molecule has 0 saturated carbocycles. The van der Waals surface area contributed by atoms with E-state index in [-0.39, 0.29) is 18.2 Å². The van der Waals surface area contributed by atoms with Gasteiger partial charge in [-0.3, -0.25) is 14.5 Å². The molecular formula is C21H27ClN4O3S. The number of hydrogen-bond donors (Lipinski definition) is 1. The number of nitrogens with zero attached hydrogens (tertiary/aromatic N) is 3. The standard InChI is InChI=1S/C21H27ClN4O3S/c1-3-23-20(28)12-16-14-30-21(24-16)18-5-4-17(13-19(18)22)29-11-10-25-6-8-26(9-7-25)15(2)27/h4-5,13-14H,3,6-12H2,1-2H3,(H,23,28). The van der Waals surface area contributed by atoms with Gasteiger partial charge >= 0.3 is 0 Å². The molecule has 30 heavy (non-hydrogen) atoms. The van der Waals surface area contributed by atoms with Gasteiger partial charge in [0.25, 0.3) is 0 Å². The van der Waals surface area contributed by atoms with E-state index in [9.17, 15) is 9.59 Å². The maximum absolute atomic E-state index is 11.7. The second kappa shape index (κ2) is 10.7. The molecule has 0 bridgehead atoms. The minimum Gasteiger partial charge on any atom is -0.492 e. The number of piperazine rings is 1. The quantitative estimate of drug-likeness (QED) is 0.669. The second-order valence-electron chi connectivity index (χ2n) is 7.11. The van der Waals surface area contributed by atoms with Crippen molar-refractivity contribution in [3.8, 4) is 16.3 Å². The number of amides is 2. The van der Waals surface area contributed by atoms with Crippen molar-refractivity contribution in [1.82, 2.24) is 20.1 Å². The minimum absolute atomic E-state index is 0.0353. The van der Waals surface area contributed by atoms with Crippen LogP contribution in [0.3, 0.4) is 0 Å². The maximum atomic E-state index is 11.7. The first-order valence-electron chi connectivity index (χ1n) is 10.1. The molecule has 1 aliphatic rings. The number of likely N-dealkylation sites (N-methyl/N-ethyl adjacent to an activating group) is 1. The molecule has 1 aromatic carbocycles. The third kappa shape index (κ3) is 6.17. The molecule has 1 aliphatic heterocycles. The van der Waals surface area contributed by atoms with E-state index in [2.05, 4.69) is 15.2 Å². The van der Waals surface area contributed by atoms with Gasteiger partial charge in [-0.1, -0.05) is 11.6 Å². The number of thiazole rings is 1. The number of benzene rings is 1. The molecule has 0 atom stereocenters. The summed E-state index contributed by atoms with van der Waals surface area (Å²) in [5.41, 5.74) is 1.57. The fraction of sp³-hybridized carbons (Fsp3) is 0.476. The van der Waals surface area contributed by atoms with Gasteiger partial charge in [0.15, 0.2) is 0 Å². The van der Waals surface area contributed by atoms with Crippen LogP contribution in [0.1, 0.15) is 19.5 Å². The summed E-state index contributed by atoms with van der Waals surface area (Å²) in [5.74, 6) is 0.814. The van der Waals surface area contributed by atoms with Gasteiger partial charge in [-0.15, -0.1) is 11.3 Å². The average Bonchev–Trinajstić information content (AvgIpc) is 3.16. The van der Waals surface area contributed by atoms with Crippen molar-refractivity contribution in [2.75, 3.05) is 45.9 Å². The van der Waals surface area contributed by atoms with Gasteiger partial charge in [0.05, 0.1) is 17.1 Å². The van der Waals surface area contributed by atoms with E-state index in [4.69, 9.17) is 16.3 Å². The Bertz CT molecular complexity index is 881. The lowest BCUT2D eigenvalue weighted by Crippen LogP contribution is -2.48. The number of halogens is 1. The summed E-state index contributed by atoms with van der Waals surface area (Å²) in [6, 6.07) is 5.59. The zero-order chi connectivity index (χ0) is 21.5. The monoisotopic (exact) mass is 450 g/mol. The number of carbonyl (C=O) groups is 2. The second-order valence-corrected chi connectivity index (χ2v) is 8.38. The predicted molar refractivity (Wildman–Crippen MR) is 119 cm³/mol. The highest BCUT2D eigenvalue weighted by Gasteiger charge is 2.18. The first-order valence-corrected chi connectivity index (χ1v) is 11.3. The molecule has 7 nitrogen and oxygen atoms in total. The van der Waals surface area contributed by atoms with Crippen LogP contribution in [0.5, 0.6) is 5.75 Å². The molecule has 1 N–H and O–H groups in total. The number of ether oxygens (including phenoxy) is 1. The average molecular weight is 451 g/mol. The summed E-state index contributed by atoms with van der Waals surface area (Å²) >= 11 is 7.93. The van der Waals surface area contributed by atoms with E-state index in [1.165, 1.54) is 11.3 Å². The van der Waals surface area contributed by atoms with Crippen LogP contribution in [0, 0.1) is 0 Å². The van der Waals surface area contributed by atoms with E-state index in [0.29, 0.717) is 23.9 Å². The van der Waals surface area contributed by atoms with Gasteiger partial charge in [0.1, 0.15) is 17.4 Å². The summed E-state index contributed by atoms with van der Waals surface area (Å²) in [6.45, 7) is 8.75. The van der Waals surface area contributed by atoms with Gasteiger partial charge in [-0.25, -0.2) is 4.98 Å². The molecule has 2 heterocycles. The molecule has 2 amide bonds. The van der Waals surface area contributed by atoms with Gasteiger partial charge in [0.2, 0.25) is 11.8 Å². The molecule has 1 saturated heterocycles. The van der Waals surface area contributed by atoms with Gasteiger partial charge in [0, 0.05) is 57.1 Å². The molecule has 0 radical (unpaired) electrons. The Labute approximate surface area is 186 Å². The van der Waals surface area contributed by atoms with Crippen LogP contribution >= 0.6 is 22.9 Å². The van der Waals surface area contributed by atoms with Gasteiger partial charge in [-0.05, 0) is 25.1 Å². The molecule has 3 rings (SSSR count). The first-order chi connectivity index (χ1) is 14.5. The van der Waals surface area contributed by atoms with Crippen LogP contribution in [-0.2, 0) is 16.0 Å². The molecule has 1 fully saturated rings. The summed E-state index contributed by atoms with van der Waals surface area (Å²) in [6.07, 6.45) is 0.268. The number of nitrogens with one attached hydrogen (secondary N) is 1. The fourth-order valence-corrected chi connectivity index (χ4v) is 4.45. The Balaban J connectivity index is 1.50. The molecule has 0 unspecified atom stereocenters. The Hall–Kier alpha value is -2.16. The van der Waals surface area contributed by atoms with Crippen LogP contribution in [0.15, 0.2) is 23.6 Å². The van der Waals surface area contributed by atoms with Crippen molar-refractivity contribution in [2.24, 2.45) is 0 Å². The summed E-state index contributed by atoms with van der Waals surface area (Å²) in [4.78, 5) is 31.8. The van der Waals surface area contributed by atoms with E-state index >= 15 is 0 Å². The van der Waals surface area contributed by atoms with Crippen molar-refractivity contribution in [1.29, 1.82) is 0 Å². The first kappa shape index (κ1) is 22.5. The van der Waals surface area contributed by atoms with Crippen molar-refractivity contribution in [2.45, 2.75) is 20.3 Å². The smallest absolute Gasteiger partial charge is 0.226 e. The topological polar surface area (TPSA) is 74.8 Å². The molecule has 1 aromatic heterocycles. The fourth-order valence-electron chi connectivity index (χ4n) is 3.27. The molecule has 0 aliphatic carbocycles. The lowest BCUT2D eigenvalue weighted by atomic mass is 10.2. The van der Waals surface area contributed by atoms with Gasteiger partial charge < -0.3 is 15.0 Å². The number of aromatic nitrogens is 1. The van der Waals surface area contributed by atoms with Crippen molar-refractivity contribution >= 4 is 34.8 Å². The largest absolute Gasteiger partial charge is 0.492 e. The van der Waals surface area contributed by atoms with E-state index < -0.39 is 0 Å². The molecule has 9 heteroatoms. The lowest BCUT2D eigenvalue weighted by Gasteiger charge is -2.34. The molecule has 2 aromatic rings. The minimum atomic E-state index is -0.0353. The summed E-state index contributed by atoms with van der Waals surface area (Å²) in [5, 5.41) is 6.02. The summed E-state index contributed by atoms with van der Waals surface area (Å²) < 4.78 is 5.86. The summed E-state index contributed by atoms with van der Waals surface area (Å²) in [7, 11) is 0. The van der Waals surface area contributed by atoms with Crippen LogP contribution in [-0.4, -0.2) is 72.5 Å². The zero-order valence-electron chi connectivity index (χ0n) is 17.3. The van der Waals surface area contributed by atoms with Crippen LogP contribution < -0.4 is 10.1 Å². The number of rotatable bonds is 8. The van der Waals surface area contributed by atoms with Crippen molar-refractivity contribution < 1.29 is 14.3 Å².